The standard InChI is InChI=1S/C43H43N3O2/c1-32(2)44-43(47)41-39(30-34-25-27-38(28-26-34)48-31-35-18-9-4-10-19-35)45-42(46(41)29-15-20-33-16-7-3-8-17-33)40(36-21-11-5-12-22-36)37-23-13-6-14-24-37/h3-14,16-19,21-28,32,40H,15,20,29-31H2,1-2H3,(H,44,47). The Balaban J connectivity index is 1.39. The van der Waals surface area contributed by atoms with Gasteiger partial charge in [0.2, 0.25) is 0 Å². The van der Waals surface area contributed by atoms with E-state index in [1.54, 1.807) is 0 Å². The normalized spacial score (nSPS) is 11.2. The summed E-state index contributed by atoms with van der Waals surface area (Å²) < 4.78 is 8.24. The van der Waals surface area contributed by atoms with Gasteiger partial charge < -0.3 is 14.6 Å². The summed E-state index contributed by atoms with van der Waals surface area (Å²) in [5.41, 5.74) is 7.16. The fraction of sp³-hybridized carbons (Fsp3) is 0.209. The van der Waals surface area contributed by atoms with Crippen LogP contribution in [0.2, 0.25) is 0 Å². The van der Waals surface area contributed by atoms with Gasteiger partial charge in [-0.15, -0.1) is 0 Å². The molecule has 0 fully saturated rings. The molecule has 1 amide bonds. The molecule has 0 saturated heterocycles. The van der Waals surface area contributed by atoms with Gasteiger partial charge in [0.1, 0.15) is 23.9 Å². The number of nitrogens with one attached hydrogen (secondary N) is 1. The Kier molecular flexibility index (Phi) is 10.8. The molecule has 0 spiro atoms. The van der Waals surface area contributed by atoms with Crippen molar-refractivity contribution in [2.24, 2.45) is 0 Å². The number of benzene rings is 5. The minimum absolute atomic E-state index is 0.0124. The summed E-state index contributed by atoms with van der Waals surface area (Å²) in [5.74, 6) is 1.45. The highest BCUT2D eigenvalue weighted by Gasteiger charge is 2.29. The number of nitrogens with zero attached hydrogens (tertiary/aromatic N) is 2. The molecule has 0 aliphatic carbocycles. The summed E-state index contributed by atoms with van der Waals surface area (Å²) in [4.78, 5) is 19.5. The van der Waals surface area contributed by atoms with Crippen LogP contribution in [0.1, 0.15) is 76.0 Å². The summed E-state index contributed by atoms with van der Waals surface area (Å²) in [5, 5.41) is 3.19. The Labute approximate surface area is 284 Å². The number of hydrogen-bond acceptors (Lipinski definition) is 3. The maximum absolute atomic E-state index is 14.1. The Morgan fingerprint density at radius 2 is 1.23 bits per heavy atom. The van der Waals surface area contributed by atoms with Gasteiger partial charge in [0, 0.05) is 19.0 Å². The summed E-state index contributed by atoms with van der Waals surface area (Å²) in [6, 6.07) is 49.8. The highest BCUT2D eigenvalue weighted by Crippen LogP contribution is 2.34. The van der Waals surface area contributed by atoms with Gasteiger partial charge in [-0.25, -0.2) is 4.98 Å². The zero-order valence-electron chi connectivity index (χ0n) is 27.8. The SMILES string of the molecule is CC(C)NC(=O)c1c(Cc2ccc(OCc3ccccc3)cc2)nc(C(c2ccccc2)c2ccccc2)n1CCCc1ccccc1. The Hall–Kier alpha value is -5.42. The molecule has 0 atom stereocenters. The van der Waals surface area contributed by atoms with Crippen molar-refractivity contribution in [3.8, 4) is 5.75 Å². The van der Waals surface area contributed by atoms with E-state index in [9.17, 15) is 4.79 Å². The number of carbonyl (C=O) groups excluding carboxylic acids is 1. The van der Waals surface area contributed by atoms with Gasteiger partial charge >= 0.3 is 0 Å². The average molecular weight is 634 g/mol. The molecule has 5 aromatic carbocycles. The van der Waals surface area contributed by atoms with Crippen molar-refractivity contribution in [3.05, 3.63) is 191 Å². The van der Waals surface area contributed by atoms with E-state index >= 15 is 0 Å². The lowest BCUT2D eigenvalue weighted by Gasteiger charge is -2.21. The first-order valence-corrected chi connectivity index (χ1v) is 16.8. The van der Waals surface area contributed by atoms with Gasteiger partial charge in [-0.05, 0) is 66.6 Å². The van der Waals surface area contributed by atoms with Crippen LogP contribution in [0.4, 0.5) is 0 Å². The maximum Gasteiger partial charge on any atom is 0.270 e. The Bertz CT molecular complexity index is 1830. The van der Waals surface area contributed by atoms with Crippen molar-refractivity contribution in [2.75, 3.05) is 0 Å². The largest absolute Gasteiger partial charge is 0.489 e. The van der Waals surface area contributed by atoms with Crippen molar-refractivity contribution < 1.29 is 9.53 Å². The topological polar surface area (TPSA) is 56.1 Å². The highest BCUT2D eigenvalue weighted by molar-refractivity contribution is 5.94. The quantitative estimate of drug-likeness (QED) is 0.130. The Morgan fingerprint density at radius 1 is 0.688 bits per heavy atom. The molecule has 1 aromatic heterocycles. The summed E-state index contributed by atoms with van der Waals surface area (Å²) in [7, 11) is 0. The third-order valence-electron chi connectivity index (χ3n) is 8.46. The predicted molar refractivity (Wildman–Crippen MR) is 193 cm³/mol. The molecule has 0 bridgehead atoms. The highest BCUT2D eigenvalue weighted by atomic mass is 16.5. The number of hydrogen-bond donors (Lipinski definition) is 1. The third-order valence-corrected chi connectivity index (χ3v) is 8.46. The second kappa shape index (κ2) is 15.9. The molecule has 0 radical (unpaired) electrons. The number of aromatic nitrogens is 2. The van der Waals surface area contributed by atoms with Crippen molar-refractivity contribution in [2.45, 2.75) is 58.2 Å². The molecule has 5 nitrogen and oxygen atoms in total. The van der Waals surface area contributed by atoms with Crippen LogP contribution in [0.5, 0.6) is 5.75 Å². The lowest BCUT2D eigenvalue weighted by Crippen LogP contribution is -2.33. The average Bonchev–Trinajstić information content (AvgIpc) is 3.46. The van der Waals surface area contributed by atoms with Crippen LogP contribution in [0.3, 0.4) is 0 Å². The van der Waals surface area contributed by atoms with Gasteiger partial charge in [-0.2, -0.15) is 0 Å². The molecule has 48 heavy (non-hydrogen) atoms. The molecular weight excluding hydrogens is 590 g/mol. The van der Waals surface area contributed by atoms with Crippen LogP contribution in [0, 0.1) is 0 Å². The first kappa shape index (κ1) is 32.5. The van der Waals surface area contributed by atoms with Crippen LogP contribution < -0.4 is 10.1 Å². The maximum atomic E-state index is 14.1. The first-order valence-electron chi connectivity index (χ1n) is 16.8. The zero-order valence-corrected chi connectivity index (χ0v) is 27.8. The van der Waals surface area contributed by atoms with E-state index in [1.165, 1.54) is 5.56 Å². The molecule has 0 aliphatic rings. The van der Waals surface area contributed by atoms with E-state index in [2.05, 4.69) is 107 Å². The zero-order chi connectivity index (χ0) is 33.1. The molecule has 1 N–H and O–H groups in total. The molecule has 6 rings (SSSR count). The molecule has 0 unspecified atom stereocenters. The Morgan fingerprint density at radius 3 is 1.79 bits per heavy atom. The molecule has 0 saturated carbocycles. The van der Waals surface area contributed by atoms with Gasteiger partial charge in [-0.3, -0.25) is 4.79 Å². The monoisotopic (exact) mass is 633 g/mol. The van der Waals surface area contributed by atoms with Gasteiger partial charge in [-0.1, -0.05) is 133 Å². The molecule has 5 heteroatoms. The first-order chi connectivity index (χ1) is 23.5. The summed E-state index contributed by atoms with van der Waals surface area (Å²) in [6.45, 7) is 5.18. The van der Waals surface area contributed by atoms with Gasteiger partial charge in [0.05, 0.1) is 11.6 Å². The number of rotatable bonds is 14. The molecule has 6 aromatic rings. The van der Waals surface area contributed by atoms with E-state index in [0.717, 1.165) is 52.4 Å². The minimum Gasteiger partial charge on any atom is -0.489 e. The van der Waals surface area contributed by atoms with Gasteiger partial charge in [0.25, 0.3) is 5.91 Å². The predicted octanol–water partition coefficient (Wildman–Crippen LogP) is 9.00. The fourth-order valence-electron chi connectivity index (χ4n) is 6.18. The third kappa shape index (κ3) is 8.29. The molecule has 1 heterocycles. The number of amides is 1. The van der Waals surface area contributed by atoms with Crippen molar-refractivity contribution in [1.82, 2.24) is 14.9 Å². The van der Waals surface area contributed by atoms with Crippen LogP contribution in [0.15, 0.2) is 146 Å². The fourth-order valence-corrected chi connectivity index (χ4v) is 6.18. The smallest absolute Gasteiger partial charge is 0.270 e. The van der Waals surface area contributed by atoms with Crippen molar-refractivity contribution >= 4 is 5.91 Å². The van der Waals surface area contributed by atoms with E-state index in [4.69, 9.17) is 9.72 Å². The molecular formula is C43H43N3O2. The van der Waals surface area contributed by atoms with Gasteiger partial charge in [0.15, 0.2) is 0 Å². The second-order valence-corrected chi connectivity index (χ2v) is 12.5. The lowest BCUT2D eigenvalue weighted by atomic mass is 9.90. The summed E-state index contributed by atoms with van der Waals surface area (Å²) in [6.07, 6.45) is 2.30. The van der Waals surface area contributed by atoms with E-state index in [-0.39, 0.29) is 17.9 Å². The van der Waals surface area contributed by atoms with Crippen molar-refractivity contribution in [3.63, 3.8) is 0 Å². The van der Waals surface area contributed by atoms with Crippen LogP contribution in [-0.4, -0.2) is 21.5 Å². The summed E-state index contributed by atoms with van der Waals surface area (Å²) >= 11 is 0. The van der Waals surface area contributed by atoms with E-state index < -0.39 is 0 Å². The van der Waals surface area contributed by atoms with Crippen molar-refractivity contribution in [1.29, 1.82) is 0 Å². The number of carbonyl (C=O) groups is 1. The van der Waals surface area contributed by atoms with Crippen LogP contribution in [-0.2, 0) is 26.0 Å². The van der Waals surface area contributed by atoms with Crippen LogP contribution in [0.25, 0.3) is 0 Å². The number of imidazole rings is 1. The number of aryl methyl sites for hydroxylation is 1. The molecule has 242 valence electrons. The van der Waals surface area contributed by atoms with E-state index in [0.29, 0.717) is 25.3 Å². The second-order valence-electron chi connectivity index (χ2n) is 12.5. The molecule has 0 aliphatic heterocycles. The number of ether oxygens (including phenoxy) is 1. The lowest BCUT2D eigenvalue weighted by molar-refractivity contribution is 0.0932. The minimum atomic E-state index is -0.141. The van der Waals surface area contributed by atoms with Crippen LogP contribution >= 0.6 is 0 Å². The van der Waals surface area contributed by atoms with E-state index in [1.807, 2.05) is 62.4 Å².